The Labute approximate surface area is 124 Å². The molecule has 1 heterocycles. The minimum atomic E-state index is -0.156. The quantitative estimate of drug-likeness (QED) is 0.451. The maximum atomic E-state index is 12.2. The smallest absolute Gasteiger partial charge is 0.152 e. The number of azide groups is 1. The molecule has 1 aromatic rings. The van der Waals surface area contributed by atoms with Gasteiger partial charge in [0.25, 0.3) is 0 Å². The molecule has 1 aromatic heterocycles. The van der Waals surface area contributed by atoms with Gasteiger partial charge in [-0.1, -0.05) is 32.8 Å². The average Bonchev–Trinajstić information content (AvgIpc) is 2.81. The molecule has 0 saturated heterocycles. The van der Waals surface area contributed by atoms with Crippen molar-refractivity contribution in [1.29, 1.82) is 0 Å². The van der Waals surface area contributed by atoms with E-state index in [0.717, 1.165) is 10.4 Å². The van der Waals surface area contributed by atoms with Crippen molar-refractivity contribution in [2.45, 2.75) is 52.7 Å². The van der Waals surface area contributed by atoms with Gasteiger partial charge in [-0.05, 0) is 29.0 Å². The van der Waals surface area contributed by atoms with Gasteiger partial charge in [0.15, 0.2) is 5.78 Å². The van der Waals surface area contributed by atoms with Gasteiger partial charge in [-0.15, -0.1) is 11.3 Å². The molecule has 0 saturated carbocycles. The van der Waals surface area contributed by atoms with E-state index in [1.807, 2.05) is 39.1 Å². The minimum absolute atomic E-state index is 0.0209. The van der Waals surface area contributed by atoms with Crippen LogP contribution in [0.3, 0.4) is 0 Å². The predicted octanol–water partition coefficient (Wildman–Crippen LogP) is 3.69. The highest BCUT2D eigenvalue weighted by molar-refractivity contribution is 7.10. The zero-order valence-corrected chi connectivity index (χ0v) is 13.3. The number of hydrogen-bond acceptors (Lipinski definition) is 4. The van der Waals surface area contributed by atoms with E-state index in [4.69, 9.17) is 5.53 Å². The molecule has 6 heteroatoms. The van der Waals surface area contributed by atoms with Crippen molar-refractivity contribution in [2.24, 2.45) is 11.0 Å². The average molecular weight is 294 g/mol. The Morgan fingerprint density at radius 3 is 2.70 bits per heavy atom. The second-order valence-electron chi connectivity index (χ2n) is 5.45. The molecule has 0 fully saturated rings. The summed E-state index contributed by atoms with van der Waals surface area (Å²) >= 11 is 1.57. The van der Waals surface area contributed by atoms with Gasteiger partial charge in [-0.3, -0.25) is 4.79 Å². The molecule has 0 amide bonds. The minimum Gasteiger partial charge on any atom is -0.305 e. The van der Waals surface area contributed by atoms with Crippen molar-refractivity contribution in [3.05, 3.63) is 32.3 Å². The van der Waals surface area contributed by atoms with Crippen LogP contribution in [0.4, 0.5) is 0 Å². The zero-order valence-electron chi connectivity index (χ0n) is 12.5. The van der Waals surface area contributed by atoms with Gasteiger partial charge < -0.3 is 5.32 Å². The van der Waals surface area contributed by atoms with Crippen LogP contribution < -0.4 is 5.32 Å². The molecular formula is C14H22N4OS. The Morgan fingerprint density at radius 2 is 2.15 bits per heavy atom. The molecule has 0 radical (unpaired) electrons. The summed E-state index contributed by atoms with van der Waals surface area (Å²) in [4.78, 5) is 16.0. The van der Waals surface area contributed by atoms with Crippen LogP contribution in [0.15, 0.2) is 16.6 Å². The number of hydrogen-bond donors (Lipinski definition) is 1. The van der Waals surface area contributed by atoms with E-state index < -0.39 is 0 Å². The fourth-order valence-electron chi connectivity index (χ4n) is 2.00. The Morgan fingerprint density at radius 1 is 1.45 bits per heavy atom. The number of rotatable bonds is 8. The number of nitrogens with one attached hydrogen (secondary N) is 1. The third kappa shape index (κ3) is 5.33. The summed E-state index contributed by atoms with van der Waals surface area (Å²) in [5.41, 5.74) is 9.44. The molecule has 0 spiro atoms. The number of nitrogens with zero attached hydrogens (tertiary/aromatic N) is 3. The van der Waals surface area contributed by atoms with Crippen molar-refractivity contribution < 1.29 is 4.79 Å². The lowest BCUT2D eigenvalue weighted by molar-refractivity contribution is -0.124. The second kappa shape index (κ2) is 8.04. The Kier molecular flexibility index (Phi) is 6.71. The fraction of sp³-hybridized carbons (Fsp3) is 0.643. The summed E-state index contributed by atoms with van der Waals surface area (Å²) in [5, 5.41) is 8.92. The SMILES string of the molecule is CC(C)N[C@@H](Cc1csc(CN=[N+]=[N-])c1)C(=O)C(C)C. The van der Waals surface area contributed by atoms with Crippen LogP contribution in [0.25, 0.3) is 10.4 Å². The Hall–Kier alpha value is -1.36. The highest BCUT2D eigenvalue weighted by atomic mass is 32.1. The van der Waals surface area contributed by atoms with Gasteiger partial charge in [-0.25, -0.2) is 0 Å². The lowest BCUT2D eigenvalue weighted by atomic mass is 9.96. The van der Waals surface area contributed by atoms with Gasteiger partial charge in [0.2, 0.25) is 0 Å². The molecule has 0 aromatic carbocycles. The molecule has 1 N–H and O–H groups in total. The molecule has 20 heavy (non-hydrogen) atoms. The van der Waals surface area contributed by atoms with Crippen LogP contribution in [0, 0.1) is 5.92 Å². The summed E-state index contributed by atoms with van der Waals surface area (Å²) in [6.07, 6.45) is 0.683. The standard InChI is InChI=1S/C14H22N4OS/c1-9(2)14(19)13(17-10(3)4)6-11-5-12(20-8-11)7-16-18-15/h5,8-10,13,17H,6-7H2,1-4H3/t13-/m0/s1. The first-order valence-electron chi connectivity index (χ1n) is 6.81. The number of Topliss-reactive ketones (excluding diaryl/α,β-unsaturated/α-hetero) is 1. The highest BCUT2D eigenvalue weighted by Gasteiger charge is 2.22. The van der Waals surface area contributed by atoms with Crippen LogP contribution >= 0.6 is 11.3 Å². The molecule has 0 aliphatic heterocycles. The summed E-state index contributed by atoms with van der Waals surface area (Å²) in [6, 6.07) is 2.13. The van der Waals surface area contributed by atoms with Crippen LogP contribution in [0.2, 0.25) is 0 Å². The van der Waals surface area contributed by atoms with Gasteiger partial charge >= 0.3 is 0 Å². The highest BCUT2D eigenvalue weighted by Crippen LogP contribution is 2.18. The van der Waals surface area contributed by atoms with Crippen molar-refractivity contribution in [3.63, 3.8) is 0 Å². The zero-order chi connectivity index (χ0) is 15.1. The molecule has 1 atom stereocenters. The van der Waals surface area contributed by atoms with Crippen molar-refractivity contribution in [3.8, 4) is 0 Å². The van der Waals surface area contributed by atoms with Crippen LogP contribution in [0.5, 0.6) is 0 Å². The van der Waals surface area contributed by atoms with Gasteiger partial charge in [0.05, 0.1) is 12.6 Å². The second-order valence-corrected chi connectivity index (χ2v) is 6.44. The molecule has 110 valence electrons. The maximum Gasteiger partial charge on any atom is 0.152 e. The lowest BCUT2D eigenvalue weighted by Crippen LogP contribution is -2.44. The third-order valence-electron chi connectivity index (χ3n) is 2.88. The van der Waals surface area contributed by atoms with E-state index in [1.54, 1.807) is 11.3 Å². The van der Waals surface area contributed by atoms with E-state index >= 15 is 0 Å². The Balaban J connectivity index is 2.75. The van der Waals surface area contributed by atoms with Gasteiger partial charge in [0, 0.05) is 21.7 Å². The monoisotopic (exact) mass is 294 g/mol. The van der Waals surface area contributed by atoms with Crippen LogP contribution in [-0.2, 0) is 17.8 Å². The van der Waals surface area contributed by atoms with E-state index in [-0.39, 0.29) is 23.8 Å². The first-order chi connectivity index (χ1) is 9.43. The first-order valence-corrected chi connectivity index (χ1v) is 7.69. The molecule has 5 nitrogen and oxygen atoms in total. The van der Waals surface area contributed by atoms with E-state index in [2.05, 4.69) is 15.3 Å². The third-order valence-corrected chi connectivity index (χ3v) is 3.85. The normalized spacial score (nSPS) is 12.5. The van der Waals surface area contributed by atoms with E-state index in [0.29, 0.717) is 13.0 Å². The van der Waals surface area contributed by atoms with Crippen LogP contribution in [-0.4, -0.2) is 17.9 Å². The maximum absolute atomic E-state index is 12.2. The summed E-state index contributed by atoms with van der Waals surface area (Å²) in [5.74, 6) is 0.258. The van der Waals surface area contributed by atoms with Gasteiger partial charge in [-0.2, -0.15) is 0 Å². The summed E-state index contributed by atoms with van der Waals surface area (Å²) < 4.78 is 0. The molecule has 0 aliphatic rings. The number of ketones is 1. The van der Waals surface area contributed by atoms with Gasteiger partial charge in [0.1, 0.15) is 0 Å². The van der Waals surface area contributed by atoms with Crippen LogP contribution in [0.1, 0.15) is 38.1 Å². The summed E-state index contributed by atoms with van der Waals surface area (Å²) in [7, 11) is 0. The van der Waals surface area contributed by atoms with Crippen molar-refractivity contribution >= 4 is 17.1 Å². The molecule has 0 unspecified atom stereocenters. The number of carbonyl (C=O) groups is 1. The topological polar surface area (TPSA) is 77.9 Å². The molecule has 0 aliphatic carbocycles. The fourth-order valence-corrected chi connectivity index (χ4v) is 2.82. The Bertz CT molecular complexity index is 489. The predicted molar refractivity (Wildman–Crippen MR) is 82.8 cm³/mol. The van der Waals surface area contributed by atoms with Crippen molar-refractivity contribution in [1.82, 2.24) is 5.32 Å². The van der Waals surface area contributed by atoms with E-state index in [1.165, 1.54) is 0 Å². The molecule has 1 rings (SSSR count). The van der Waals surface area contributed by atoms with E-state index in [9.17, 15) is 4.79 Å². The first kappa shape index (κ1) is 16.7. The lowest BCUT2D eigenvalue weighted by Gasteiger charge is -2.21. The van der Waals surface area contributed by atoms with Crippen molar-refractivity contribution in [2.75, 3.05) is 0 Å². The molecular weight excluding hydrogens is 272 g/mol. The number of thiophene rings is 1. The number of carbonyl (C=O) groups excluding carboxylic acids is 1. The molecule has 0 bridgehead atoms. The summed E-state index contributed by atoms with van der Waals surface area (Å²) in [6.45, 7) is 8.32. The largest absolute Gasteiger partial charge is 0.305 e.